The summed E-state index contributed by atoms with van der Waals surface area (Å²) in [7, 11) is 0. The van der Waals surface area contributed by atoms with Gasteiger partial charge >= 0.3 is 0 Å². The van der Waals surface area contributed by atoms with Crippen molar-refractivity contribution in [3.8, 4) is 10.6 Å². The van der Waals surface area contributed by atoms with Crippen LogP contribution in [0.3, 0.4) is 0 Å². The number of carbonyl (C=O) groups is 2. The monoisotopic (exact) mass is 301 g/mol. The summed E-state index contributed by atoms with van der Waals surface area (Å²) in [6.07, 6.45) is 2.19. The summed E-state index contributed by atoms with van der Waals surface area (Å²) in [5.41, 5.74) is 2.17. The molecule has 2 aromatic rings. The number of aromatic nitrogens is 1. The van der Waals surface area contributed by atoms with Crippen LogP contribution in [0.5, 0.6) is 0 Å². The number of benzene rings is 1. The van der Waals surface area contributed by atoms with Gasteiger partial charge in [-0.3, -0.25) is 9.59 Å². The lowest BCUT2D eigenvalue weighted by molar-refractivity contribution is -0.120. The lowest BCUT2D eigenvalue weighted by atomic mass is 10.2. The molecule has 0 spiro atoms. The highest BCUT2D eigenvalue weighted by molar-refractivity contribution is 7.16. The first kappa shape index (κ1) is 13.8. The second-order valence-corrected chi connectivity index (χ2v) is 6.03. The number of hydrogen-bond acceptors (Lipinski definition) is 4. The summed E-state index contributed by atoms with van der Waals surface area (Å²) in [6.45, 7) is 2.64. The summed E-state index contributed by atoms with van der Waals surface area (Å²) in [6, 6.07) is 7.57. The Bertz CT molecular complexity index is 678. The molecule has 2 N–H and O–H groups in total. The molecule has 1 aromatic heterocycles. The fourth-order valence-electron chi connectivity index (χ4n) is 2.17. The number of rotatable bonds is 3. The fourth-order valence-corrected chi connectivity index (χ4v) is 2.99. The number of aryl methyl sites for hydroxylation is 1. The van der Waals surface area contributed by atoms with E-state index < -0.39 is 6.04 Å². The third-order valence-electron chi connectivity index (χ3n) is 3.38. The standard InChI is InChI=1S/C15H15N3O2S/c1-9-2-4-10(5-3-9)15-17-8-12(21-15)14(20)18-11-6-7-16-13(11)19/h2-5,8,11H,6-7H2,1H3,(H,16,19)(H,18,20)/t11-/m0/s1. The third-order valence-corrected chi connectivity index (χ3v) is 4.43. The van der Waals surface area contributed by atoms with Gasteiger partial charge in [-0.25, -0.2) is 4.98 Å². The molecule has 1 aliphatic heterocycles. The van der Waals surface area contributed by atoms with Gasteiger partial charge in [0.2, 0.25) is 5.91 Å². The number of thiazole rings is 1. The van der Waals surface area contributed by atoms with Crippen LogP contribution in [0.4, 0.5) is 0 Å². The number of nitrogens with zero attached hydrogens (tertiary/aromatic N) is 1. The topological polar surface area (TPSA) is 71.1 Å². The molecule has 0 aliphatic carbocycles. The Hall–Kier alpha value is -2.21. The lowest BCUT2D eigenvalue weighted by Crippen LogP contribution is -2.39. The number of carbonyl (C=O) groups excluding carboxylic acids is 2. The van der Waals surface area contributed by atoms with E-state index in [0.29, 0.717) is 17.8 Å². The van der Waals surface area contributed by atoms with Gasteiger partial charge in [-0.2, -0.15) is 0 Å². The van der Waals surface area contributed by atoms with Gasteiger partial charge in [-0.15, -0.1) is 11.3 Å². The van der Waals surface area contributed by atoms with Crippen molar-refractivity contribution in [2.45, 2.75) is 19.4 Å². The zero-order chi connectivity index (χ0) is 14.8. The Morgan fingerprint density at radius 3 is 2.81 bits per heavy atom. The SMILES string of the molecule is Cc1ccc(-c2ncc(C(=O)N[C@H]3CCNC3=O)s2)cc1. The minimum Gasteiger partial charge on any atom is -0.354 e. The Morgan fingerprint density at radius 1 is 1.38 bits per heavy atom. The van der Waals surface area contributed by atoms with E-state index in [4.69, 9.17) is 0 Å². The largest absolute Gasteiger partial charge is 0.354 e. The molecule has 2 heterocycles. The Morgan fingerprint density at radius 2 is 2.14 bits per heavy atom. The van der Waals surface area contributed by atoms with Gasteiger partial charge in [0.15, 0.2) is 0 Å². The minimum atomic E-state index is -0.428. The molecule has 5 nitrogen and oxygen atoms in total. The van der Waals surface area contributed by atoms with Crippen molar-refractivity contribution in [3.63, 3.8) is 0 Å². The highest BCUT2D eigenvalue weighted by atomic mass is 32.1. The number of nitrogens with one attached hydrogen (secondary N) is 2. The molecule has 1 aliphatic rings. The molecule has 0 radical (unpaired) electrons. The van der Waals surface area contributed by atoms with Gasteiger partial charge in [0.25, 0.3) is 5.91 Å². The molecule has 2 amide bonds. The molecule has 21 heavy (non-hydrogen) atoms. The molecule has 1 fully saturated rings. The number of hydrogen-bond donors (Lipinski definition) is 2. The van der Waals surface area contributed by atoms with E-state index >= 15 is 0 Å². The van der Waals surface area contributed by atoms with Crippen molar-refractivity contribution in [1.82, 2.24) is 15.6 Å². The molecule has 0 saturated carbocycles. The van der Waals surface area contributed by atoms with Gasteiger partial charge in [0.1, 0.15) is 15.9 Å². The average Bonchev–Trinajstić information content (AvgIpc) is 3.10. The Labute approximate surface area is 126 Å². The second kappa shape index (κ2) is 5.65. The fraction of sp³-hybridized carbons (Fsp3) is 0.267. The smallest absolute Gasteiger partial charge is 0.263 e. The van der Waals surface area contributed by atoms with E-state index in [2.05, 4.69) is 15.6 Å². The first-order chi connectivity index (χ1) is 10.1. The normalized spacial score (nSPS) is 17.6. The van der Waals surface area contributed by atoms with Crippen LogP contribution in [0.25, 0.3) is 10.6 Å². The van der Waals surface area contributed by atoms with Crippen molar-refractivity contribution in [2.24, 2.45) is 0 Å². The molecule has 0 unspecified atom stereocenters. The van der Waals surface area contributed by atoms with Crippen LogP contribution in [0.2, 0.25) is 0 Å². The second-order valence-electron chi connectivity index (χ2n) is 5.00. The van der Waals surface area contributed by atoms with Crippen LogP contribution in [-0.4, -0.2) is 29.4 Å². The maximum Gasteiger partial charge on any atom is 0.263 e. The summed E-state index contributed by atoms with van der Waals surface area (Å²) >= 11 is 1.33. The van der Waals surface area contributed by atoms with Gasteiger partial charge in [-0.05, 0) is 13.3 Å². The van der Waals surface area contributed by atoms with E-state index in [1.807, 2.05) is 31.2 Å². The van der Waals surface area contributed by atoms with Crippen LogP contribution in [0.1, 0.15) is 21.7 Å². The van der Waals surface area contributed by atoms with Crippen LogP contribution in [0.15, 0.2) is 30.5 Å². The highest BCUT2D eigenvalue weighted by Crippen LogP contribution is 2.25. The van der Waals surface area contributed by atoms with Crippen molar-refractivity contribution >= 4 is 23.2 Å². The first-order valence-corrected chi connectivity index (χ1v) is 7.56. The number of amides is 2. The molecular formula is C15H15N3O2S. The van der Waals surface area contributed by atoms with Crippen LogP contribution in [0, 0.1) is 6.92 Å². The van der Waals surface area contributed by atoms with Gasteiger partial charge in [0.05, 0.1) is 6.20 Å². The maximum absolute atomic E-state index is 12.1. The molecule has 3 rings (SSSR count). The minimum absolute atomic E-state index is 0.119. The zero-order valence-corrected chi connectivity index (χ0v) is 12.4. The van der Waals surface area contributed by atoms with E-state index in [9.17, 15) is 9.59 Å². The average molecular weight is 301 g/mol. The van der Waals surface area contributed by atoms with E-state index in [1.54, 1.807) is 6.20 Å². The van der Waals surface area contributed by atoms with E-state index in [0.717, 1.165) is 10.6 Å². The summed E-state index contributed by atoms with van der Waals surface area (Å²) in [4.78, 5) is 28.4. The zero-order valence-electron chi connectivity index (χ0n) is 11.6. The molecule has 1 atom stereocenters. The van der Waals surface area contributed by atoms with Crippen LogP contribution >= 0.6 is 11.3 Å². The maximum atomic E-state index is 12.1. The summed E-state index contributed by atoms with van der Waals surface area (Å²) < 4.78 is 0. The molecule has 6 heteroatoms. The van der Waals surface area contributed by atoms with E-state index in [-0.39, 0.29) is 11.8 Å². The lowest BCUT2D eigenvalue weighted by Gasteiger charge is -2.07. The van der Waals surface area contributed by atoms with Crippen LogP contribution < -0.4 is 10.6 Å². The Kier molecular flexibility index (Phi) is 3.70. The van der Waals surface area contributed by atoms with Gasteiger partial charge in [-0.1, -0.05) is 29.8 Å². The van der Waals surface area contributed by atoms with Crippen molar-refractivity contribution in [2.75, 3.05) is 6.54 Å². The first-order valence-electron chi connectivity index (χ1n) is 6.75. The molecule has 1 saturated heterocycles. The Balaban J connectivity index is 1.73. The predicted molar refractivity (Wildman–Crippen MR) is 81.2 cm³/mol. The molecule has 1 aromatic carbocycles. The molecule has 0 bridgehead atoms. The summed E-state index contributed by atoms with van der Waals surface area (Å²) in [5.74, 6) is -0.362. The molecule has 108 valence electrons. The summed E-state index contributed by atoms with van der Waals surface area (Å²) in [5, 5.41) is 6.24. The van der Waals surface area contributed by atoms with Crippen LogP contribution in [-0.2, 0) is 4.79 Å². The highest BCUT2D eigenvalue weighted by Gasteiger charge is 2.26. The quantitative estimate of drug-likeness (QED) is 0.907. The molecular weight excluding hydrogens is 286 g/mol. The van der Waals surface area contributed by atoms with Crippen molar-refractivity contribution in [1.29, 1.82) is 0 Å². The van der Waals surface area contributed by atoms with Crippen molar-refractivity contribution < 1.29 is 9.59 Å². The predicted octanol–water partition coefficient (Wildman–Crippen LogP) is 1.74. The van der Waals surface area contributed by atoms with Gasteiger partial charge < -0.3 is 10.6 Å². The van der Waals surface area contributed by atoms with E-state index in [1.165, 1.54) is 16.9 Å². The third kappa shape index (κ3) is 2.95. The van der Waals surface area contributed by atoms with Gasteiger partial charge in [0, 0.05) is 12.1 Å². The van der Waals surface area contributed by atoms with Crippen molar-refractivity contribution in [3.05, 3.63) is 40.9 Å².